The van der Waals surface area contributed by atoms with Crippen molar-refractivity contribution in [3.8, 4) is 0 Å². The molecule has 0 aromatic rings. The third-order valence-electron chi connectivity index (χ3n) is 4.15. The molecular weight excluding hydrogens is 238 g/mol. The van der Waals surface area contributed by atoms with Crippen LogP contribution in [-0.2, 0) is 0 Å². The number of hydrogen-bond acceptors (Lipinski definition) is 3. The predicted octanol–water partition coefficient (Wildman–Crippen LogP) is 1.42. The van der Waals surface area contributed by atoms with Crippen LogP contribution in [0, 0.1) is 5.92 Å². The summed E-state index contributed by atoms with van der Waals surface area (Å²) in [6.07, 6.45) is 2.16. The van der Waals surface area contributed by atoms with Crippen molar-refractivity contribution in [2.75, 3.05) is 40.3 Å². The summed E-state index contributed by atoms with van der Waals surface area (Å²) in [5, 5.41) is 10.3. The maximum atomic E-state index is 12.8. The van der Waals surface area contributed by atoms with Gasteiger partial charge in [0.1, 0.15) is 0 Å². The van der Waals surface area contributed by atoms with E-state index in [1.54, 1.807) is 0 Å². The second kappa shape index (κ2) is 5.02. The summed E-state index contributed by atoms with van der Waals surface area (Å²) in [7, 11) is 3.92. The number of piperidine rings is 1. The average molecular weight is 262 g/mol. The number of nitrogens with zero attached hydrogens (tertiary/aromatic N) is 2. The SMILES string of the molecule is CN(C)CC1(O)CCN(CCC2CC2(F)F)CC1. The molecule has 106 valence electrons. The first-order chi connectivity index (χ1) is 8.31. The van der Waals surface area contributed by atoms with Gasteiger partial charge in [-0.25, -0.2) is 8.78 Å². The maximum Gasteiger partial charge on any atom is 0.251 e. The first-order valence-corrected chi connectivity index (χ1v) is 6.78. The summed E-state index contributed by atoms with van der Waals surface area (Å²) in [6, 6.07) is 0. The van der Waals surface area contributed by atoms with Crippen LogP contribution in [-0.4, -0.2) is 66.7 Å². The van der Waals surface area contributed by atoms with Crippen molar-refractivity contribution >= 4 is 0 Å². The van der Waals surface area contributed by atoms with Crippen LogP contribution >= 0.6 is 0 Å². The molecule has 1 atom stereocenters. The molecule has 0 aromatic heterocycles. The molecule has 1 aliphatic heterocycles. The fourth-order valence-corrected chi connectivity index (χ4v) is 2.86. The van der Waals surface area contributed by atoms with Gasteiger partial charge in [-0.3, -0.25) is 0 Å². The van der Waals surface area contributed by atoms with Crippen LogP contribution in [0.3, 0.4) is 0 Å². The highest BCUT2D eigenvalue weighted by Gasteiger charge is 2.56. The van der Waals surface area contributed by atoms with Crippen molar-refractivity contribution in [3.63, 3.8) is 0 Å². The fraction of sp³-hybridized carbons (Fsp3) is 1.00. The molecule has 0 bridgehead atoms. The number of aliphatic hydroxyl groups is 1. The fourth-order valence-electron chi connectivity index (χ4n) is 2.86. The van der Waals surface area contributed by atoms with Gasteiger partial charge in [0.25, 0.3) is 5.92 Å². The van der Waals surface area contributed by atoms with E-state index in [1.807, 2.05) is 19.0 Å². The van der Waals surface area contributed by atoms with Gasteiger partial charge in [-0.1, -0.05) is 0 Å². The number of likely N-dealkylation sites (N-methyl/N-ethyl adjacent to an activating group) is 1. The first kappa shape index (κ1) is 14.2. The standard InChI is InChI=1S/C13H24F2N2O/c1-16(2)10-12(18)4-7-17(8-5-12)6-3-11-9-13(11,14)15/h11,18H,3-10H2,1-2H3. The summed E-state index contributed by atoms with van der Waals surface area (Å²) < 4.78 is 25.5. The van der Waals surface area contributed by atoms with Gasteiger partial charge < -0.3 is 14.9 Å². The molecule has 5 heteroatoms. The average Bonchev–Trinajstić information content (AvgIpc) is 2.84. The van der Waals surface area contributed by atoms with Crippen molar-refractivity contribution in [3.05, 3.63) is 0 Å². The van der Waals surface area contributed by atoms with Crippen LogP contribution in [0.2, 0.25) is 0 Å². The van der Waals surface area contributed by atoms with Crippen molar-refractivity contribution in [1.29, 1.82) is 0 Å². The highest BCUT2D eigenvalue weighted by molar-refractivity contribution is 4.95. The van der Waals surface area contributed by atoms with Crippen LogP contribution < -0.4 is 0 Å². The summed E-state index contributed by atoms with van der Waals surface area (Å²) >= 11 is 0. The van der Waals surface area contributed by atoms with Crippen LogP contribution in [0.4, 0.5) is 8.78 Å². The maximum absolute atomic E-state index is 12.8. The Balaban J connectivity index is 1.67. The molecule has 1 aliphatic carbocycles. The van der Waals surface area contributed by atoms with Gasteiger partial charge in [0.2, 0.25) is 0 Å². The molecule has 2 fully saturated rings. The molecule has 1 saturated carbocycles. The predicted molar refractivity (Wildman–Crippen MR) is 66.8 cm³/mol. The number of rotatable bonds is 5. The molecule has 1 unspecified atom stereocenters. The molecule has 1 saturated heterocycles. The van der Waals surface area contributed by atoms with E-state index in [0.717, 1.165) is 32.5 Å². The van der Waals surface area contributed by atoms with Gasteiger partial charge >= 0.3 is 0 Å². The van der Waals surface area contributed by atoms with Gasteiger partial charge in [-0.15, -0.1) is 0 Å². The molecule has 0 aromatic carbocycles. The zero-order chi connectivity index (χ0) is 13.4. The molecule has 1 heterocycles. The third-order valence-corrected chi connectivity index (χ3v) is 4.15. The Morgan fingerprint density at radius 2 is 1.83 bits per heavy atom. The Labute approximate surface area is 108 Å². The Bertz CT molecular complexity index is 289. The second-order valence-electron chi connectivity index (χ2n) is 6.25. The smallest absolute Gasteiger partial charge is 0.251 e. The third kappa shape index (κ3) is 3.62. The van der Waals surface area contributed by atoms with Crippen molar-refractivity contribution in [2.45, 2.75) is 37.2 Å². The molecule has 2 aliphatic rings. The Hall–Kier alpha value is -0.260. The van der Waals surface area contributed by atoms with Gasteiger partial charge in [-0.2, -0.15) is 0 Å². The normalized spacial score (nSPS) is 30.7. The van der Waals surface area contributed by atoms with Crippen molar-refractivity contribution in [1.82, 2.24) is 9.80 Å². The number of likely N-dealkylation sites (tertiary alicyclic amines) is 1. The first-order valence-electron chi connectivity index (χ1n) is 6.78. The quantitative estimate of drug-likeness (QED) is 0.812. The minimum Gasteiger partial charge on any atom is -0.388 e. The van der Waals surface area contributed by atoms with Crippen LogP contribution in [0.15, 0.2) is 0 Å². The van der Waals surface area contributed by atoms with Crippen LogP contribution in [0.25, 0.3) is 0 Å². The van der Waals surface area contributed by atoms with E-state index in [2.05, 4.69) is 4.90 Å². The van der Waals surface area contributed by atoms with Crippen molar-refractivity contribution < 1.29 is 13.9 Å². The molecule has 2 rings (SSSR count). The van der Waals surface area contributed by atoms with E-state index < -0.39 is 11.5 Å². The second-order valence-corrected chi connectivity index (χ2v) is 6.25. The molecule has 0 spiro atoms. The van der Waals surface area contributed by atoms with Crippen LogP contribution in [0.1, 0.15) is 25.7 Å². The minimum atomic E-state index is -2.39. The number of hydrogen-bond donors (Lipinski definition) is 1. The molecule has 1 N–H and O–H groups in total. The van der Waals surface area contributed by atoms with E-state index >= 15 is 0 Å². The summed E-state index contributed by atoms with van der Waals surface area (Å²) in [5.41, 5.74) is -0.594. The van der Waals surface area contributed by atoms with E-state index in [-0.39, 0.29) is 12.3 Å². The Morgan fingerprint density at radius 1 is 1.28 bits per heavy atom. The lowest BCUT2D eigenvalue weighted by Crippen LogP contribution is -2.49. The monoisotopic (exact) mass is 262 g/mol. The molecule has 0 radical (unpaired) electrons. The Morgan fingerprint density at radius 3 is 2.28 bits per heavy atom. The molecule has 3 nitrogen and oxygen atoms in total. The summed E-state index contributed by atoms with van der Waals surface area (Å²) in [6.45, 7) is 3.07. The highest BCUT2D eigenvalue weighted by atomic mass is 19.3. The highest BCUT2D eigenvalue weighted by Crippen LogP contribution is 2.50. The van der Waals surface area contributed by atoms with Gasteiger partial charge in [0.15, 0.2) is 0 Å². The van der Waals surface area contributed by atoms with E-state index in [4.69, 9.17) is 0 Å². The summed E-state index contributed by atoms with van der Waals surface area (Å²) in [4.78, 5) is 4.21. The van der Waals surface area contributed by atoms with Gasteiger partial charge in [0.05, 0.1) is 5.60 Å². The van der Waals surface area contributed by atoms with E-state index in [9.17, 15) is 13.9 Å². The number of halogens is 2. The van der Waals surface area contributed by atoms with Gasteiger partial charge in [-0.05, 0) is 39.9 Å². The Kier molecular flexibility index (Phi) is 3.95. The largest absolute Gasteiger partial charge is 0.388 e. The summed E-state index contributed by atoms with van der Waals surface area (Å²) in [5.74, 6) is -2.78. The lowest BCUT2D eigenvalue weighted by molar-refractivity contribution is -0.0380. The molecular formula is C13H24F2N2O. The lowest BCUT2D eigenvalue weighted by Gasteiger charge is -2.39. The topological polar surface area (TPSA) is 26.7 Å². The van der Waals surface area contributed by atoms with Crippen LogP contribution in [0.5, 0.6) is 0 Å². The van der Waals surface area contributed by atoms with E-state index in [0.29, 0.717) is 13.0 Å². The molecule has 0 amide bonds. The minimum absolute atomic E-state index is 0.0748. The zero-order valence-electron chi connectivity index (χ0n) is 11.3. The molecule has 18 heavy (non-hydrogen) atoms. The van der Waals surface area contributed by atoms with Gasteiger partial charge in [0, 0.05) is 32.0 Å². The van der Waals surface area contributed by atoms with E-state index in [1.165, 1.54) is 0 Å². The van der Waals surface area contributed by atoms with Crippen molar-refractivity contribution in [2.24, 2.45) is 5.92 Å². The zero-order valence-corrected chi connectivity index (χ0v) is 11.3. The lowest BCUT2D eigenvalue weighted by atomic mass is 9.91. The number of alkyl halides is 2.